The third kappa shape index (κ3) is 4.22. The first-order valence-corrected chi connectivity index (χ1v) is 9.69. The standard InChI is InChI=1S/C21H22FN7O3/c1-23-21(31)18-15(8-16(27-28-18)26-20(30)11-4-5-11)25-14-7-6-13(22)17(19(14)32-3)12-9-24-29(2)10-12/h6-11H,4-5H2,1-3H3,(H,23,31)(H2,25,26,27,30)/i1D3. The van der Waals surface area contributed by atoms with Gasteiger partial charge in [-0.2, -0.15) is 5.10 Å². The number of nitrogens with zero attached hydrogens (tertiary/aromatic N) is 4. The van der Waals surface area contributed by atoms with Gasteiger partial charge in [0.2, 0.25) is 5.91 Å². The molecule has 2 amide bonds. The Kier molecular flexibility index (Phi) is 4.75. The maximum atomic E-state index is 14.8. The lowest BCUT2D eigenvalue weighted by molar-refractivity contribution is -0.117. The zero-order valence-corrected chi connectivity index (χ0v) is 17.3. The van der Waals surface area contributed by atoms with Crippen molar-refractivity contribution in [2.75, 3.05) is 24.7 Å². The molecule has 3 N–H and O–H groups in total. The minimum absolute atomic E-state index is 0.0230. The summed E-state index contributed by atoms with van der Waals surface area (Å²) >= 11 is 0. The Labute approximate surface area is 187 Å². The van der Waals surface area contributed by atoms with Crippen LogP contribution in [0, 0.1) is 11.7 Å². The molecule has 1 saturated carbocycles. The van der Waals surface area contributed by atoms with Crippen molar-refractivity contribution in [3.8, 4) is 16.9 Å². The van der Waals surface area contributed by atoms with Crippen LogP contribution in [0.2, 0.25) is 0 Å². The lowest BCUT2D eigenvalue weighted by Crippen LogP contribution is -2.22. The van der Waals surface area contributed by atoms with E-state index in [1.165, 1.54) is 36.2 Å². The molecule has 1 fully saturated rings. The second-order valence-corrected chi connectivity index (χ2v) is 7.24. The molecule has 10 nitrogen and oxygen atoms in total. The first-order chi connectivity index (χ1) is 16.6. The van der Waals surface area contributed by atoms with E-state index in [1.54, 1.807) is 13.2 Å². The number of nitrogens with one attached hydrogen (secondary N) is 3. The van der Waals surface area contributed by atoms with Gasteiger partial charge in [-0.1, -0.05) is 0 Å². The lowest BCUT2D eigenvalue weighted by atomic mass is 10.1. The summed E-state index contributed by atoms with van der Waals surface area (Å²) in [7, 11) is 3.04. The molecular weight excluding hydrogens is 417 g/mol. The fourth-order valence-corrected chi connectivity index (χ4v) is 3.18. The summed E-state index contributed by atoms with van der Waals surface area (Å²) in [6.45, 7) is -2.77. The van der Waals surface area contributed by atoms with Crippen LogP contribution < -0.4 is 20.7 Å². The van der Waals surface area contributed by atoms with E-state index in [2.05, 4.69) is 25.9 Å². The van der Waals surface area contributed by atoms with Crippen molar-refractivity contribution in [2.24, 2.45) is 13.0 Å². The highest BCUT2D eigenvalue weighted by Crippen LogP contribution is 2.40. The molecule has 0 radical (unpaired) electrons. The van der Waals surface area contributed by atoms with Crippen LogP contribution in [0.4, 0.5) is 21.6 Å². The third-order valence-corrected chi connectivity index (χ3v) is 4.90. The average Bonchev–Trinajstić information content (AvgIpc) is 3.55. The van der Waals surface area contributed by atoms with E-state index in [0.717, 1.165) is 12.8 Å². The van der Waals surface area contributed by atoms with Gasteiger partial charge >= 0.3 is 0 Å². The monoisotopic (exact) mass is 442 g/mol. The Bertz CT molecular complexity index is 1290. The Morgan fingerprint density at radius 1 is 1.28 bits per heavy atom. The fourth-order valence-electron chi connectivity index (χ4n) is 3.18. The number of aromatic nitrogens is 4. The molecule has 0 unspecified atom stereocenters. The zero-order chi connectivity index (χ0) is 25.3. The van der Waals surface area contributed by atoms with E-state index in [0.29, 0.717) is 5.56 Å². The molecule has 1 aliphatic carbocycles. The predicted molar refractivity (Wildman–Crippen MR) is 115 cm³/mol. The summed E-state index contributed by atoms with van der Waals surface area (Å²) in [5.74, 6) is -1.75. The van der Waals surface area contributed by atoms with E-state index >= 15 is 0 Å². The topological polar surface area (TPSA) is 123 Å². The van der Waals surface area contributed by atoms with Crippen LogP contribution in [-0.2, 0) is 11.8 Å². The first kappa shape index (κ1) is 17.6. The van der Waals surface area contributed by atoms with Crippen LogP contribution >= 0.6 is 0 Å². The maximum Gasteiger partial charge on any atom is 0.273 e. The Morgan fingerprint density at radius 2 is 2.09 bits per heavy atom. The SMILES string of the molecule is [2H]C([2H])([2H])NC(=O)c1nnc(NC(=O)C2CC2)cc1Nc1ccc(F)c(-c2cnn(C)c2)c1OC. The second-order valence-electron chi connectivity index (χ2n) is 7.24. The number of amides is 2. The molecule has 32 heavy (non-hydrogen) atoms. The average molecular weight is 442 g/mol. The van der Waals surface area contributed by atoms with Crippen LogP contribution in [0.5, 0.6) is 5.75 Å². The smallest absolute Gasteiger partial charge is 0.273 e. The summed E-state index contributed by atoms with van der Waals surface area (Å²) < 4.78 is 43.7. The van der Waals surface area contributed by atoms with Gasteiger partial charge in [-0.15, -0.1) is 10.2 Å². The number of carbonyl (C=O) groups is 2. The molecule has 166 valence electrons. The Balaban J connectivity index is 1.75. The van der Waals surface area contributed by atoms with Crippen molar-refractivity contribution in [2.45, 2.75) is 12.8 Å². The Morgan fingerprint density at radius 3 is 2.75 bits per heavy atom. The molecule has 2 aromatic heterocycles. The maximum absolute atomic E-state index is 14.8. The minimum Gasteiger partial charge on any atom is -0.494 e. The van der Waals surface area contributed by atoms with Crippen LogP contribution in [-0.4, -0.2) is 45.9 Å². The third-order valence-electron chi connectivity index (χ3n) is 4.90. The number of hydrogen-bond donors (Lipinski definition) is 3. The number of methoxy groups -OCH3 is 1. The van der Waals surface area contributed by atoms with Crippen molar-refractivity contribution in [1.82, 2.24) is 25.3 Å². The van der Waals surface area contributed by atoms with Gasteiger partial charge in [0, 0.05) is 41.9 Å². The number of benzene rings is 1. The van der Waals surface area contributed by atoms with Crippen molar-refractivity contribution in [3.63, 3.8) is 0 Å². The van der Waals surface area contributed by atoms with Crippen molar-refractivity contribution < 1.29 is 22.8 Å². The molecule has 0 atom stereocenters. The van der Waals surface area contributed by atoms with Gasteiger partial charge in [-0.05, 0) is 25.0 Å². The number of aryl methyl sites for hydroxylation is 1. The highest BCUT2D eigenvalue weighted by Gasteiger charge is 2.30. The molecular formula is C21H22FN7O3. The Hall–Kier alpha value is -4.02. The minimum atomic E-state index is -2.77. The van der Waals surface area contributed by atoms with E-state index < -0.39 is 18.7 Å². The number of rotatable bonds is 7. The van der Waals surface area contributed by atoms with Gasteiger partial charge < -0.3 is 20.7 Å². The van der Waals surface area contributed by atoms with Crippen LogP contribution in [0.15, 0.2) is 30.6 Å². The number of hydrogen-bond acceptors (Lipinski definition) is 7. The summed E-state index contributed by atoms with van der Waals surface area (Å²) in [5, 5.41) is 19.2. The van der Waals surface area contributed by atoms with Crippen LogP contribution in [0.25, 0.3) is 11.1 Å². The molecule has 0 spiro atoms. The molecule has 0 saturated heterocycles. The van der Waals surface area contributed by atoms with Crippen molar-refractivity contribution in [3.05, 3.63) is 42.1 Å². The summed E-state index contributed by atoms with van der Waals surface area (Å²) in [4.78, 5) is 24.8. The van der Waals surface area contributed by atoms with Crippen molar-refractivity contribution >= 4 is 29.0 Å². The van der Waals surface area contributed by atoms with Gasteiger partial charge in [-0.25, -0.2) is 4.39 Å². The molecule has 0 aliphatic heterocycles. The fraction of sp³-hybridized carbons (Fsp3) is 0.286. The molecule has 4 rings (SSSR count). The summed E-state index contributed by atoms with van der Waals surface area (Å²) in [6, 6.07) is 3.94. The van der Waals surface area contributed by atoms with Gasteiger partial charge in [0.15, 0.2) is 17.3 Å². The second kappa shape index (κ2) is 8.61. The van der Waals surface area contributed by atoms with Crippen LogP contribution in [0.3, 0.4) is 0 Å². The van der Waals surface area contributed by atoms with Gasteiger partial charge in [0.1, 0.15) is 5.82 Å². The lowest BCUT2D eigenvalue weighted by Gasteiger charge is -2.17. The molecule has 1 aromatic carbocycles. The zero-order valence-electron chi connectivity index (χ0n) is 20.3. The highest BCUT2D eigenvalue weighted by atomic mass is 19.1. The van der Waals surface area contributed by atoms with E-state index in [-0.39, 0.29) is 46.0 Å². The number of halogens is 1. The molecule has 2 heterocycles. The molecule has 11 heteroatoms. The normalized spacial score (nSPS) is 14.7. The number of anilines is 3. The van der Waals surface area contributed by atoms with Crippen molar-refractivity contribution in [1.29, 1.82) is 0 Å². The largest absolute Gasteiger partial charge is 0.494 e. The number of ether oxygens (including phenoxy) is 1. The van der Waals surface area contributed by atoms with Gasteiger partial charge in [-0.3, -0.25) is 14.3 Å². The highest BCUT2D eigenvalue weighted by molar-refractivity contribution is 6.00. The first-order valence-electron chi connectivity index (χ1n) is 11.2. The molecule has 3 aromatic rings. The molecule has 0 bridgehead atoms. The van der Waals surface area contributed by atoms with E-state index in [4.69, 9.17) is 8.85 Å². The summed E-state index contributed by atoms with van der Waals surface area (Å²) in [6.07, 6.45) is 4.62. The van der Waals surface area contributed by atoms with E-state index in [1.807, 2.05) is 5.32 Å². The quantitative estimate of drug-likeness (QED) is 0.514. The van der Waals surface area contributed by atoms with Gasteiger partial charge in [0.25, 0.3) is 5.91 Å². The summed E-state index contributed by atoms with van der Waals surface area (Å²) in [5.41, 5.74) is 0.511. The van der Waals surface area contributed by atoms with E-state index in [9.17, 15) is 14.0 Å². The predicted octanol–water partition coefficient (Wildman–Crippen LogP) is 2.48. The number of carbonyl (C=O) groups excluding carboxylic acids is 2. The van der Waals surface area contributed by atoms with Gasteiger partial charge in [0.05, 0.1) is 30.2 Å². The molecule has 1 aliphatic rings. The van der Waals surface area contributed by atoms with Crippen LogP contribution in [0.1, 0.15) is 27.4 Å².